The maximum absolute atomic E-state index is 11.3. The Morgan fingerprint density at radius 3 is 1.80 bits per heavy atom. The second-order valence-electron chi connectivity index (χ2n) is 13.6. The van der Waals surface area contributed by atoms with Crippen molar-refractivity contribution in [2.45, 2.75) is 126 Å². The molecule has 0 atom stereocenters. The summed E-state index contributed by atoms with van der Waals surface area (Å²) in [6.45, 7) is 20.7. The third-order valence-electron chi connectivity index (χ3n) is 8.85. The fraction of sp³-hybridized carbons (Fsp3) is 0.438. The van der Waals surface area contributed by atoms with Crippen molar-refractivity contribution in [1.29, 1.82) is 10.5 Å². The van der Waals surface area contributed by atoms with E-state index >= 15 is 0 Å². The second-order valence-corrected chi connectivity index (χ2v) is 13.6. The van der Waals surface area contributed by atoms with Gasteiger partial charge in [0, 0.05) is 31.2 Å². The zero-order valence-corrected chi connectivity index (χ0v) is 34.6. The van der Waals surface area contributed by atoms with E-state index in [4.69, 9.17) is 19.7 Å². The van der Waals surface area contributed by atoms with Gasteiger partial charge < -0.3 is 14.1 Å². The van der Waals surface area contributed by atoms with Gasteiger partial charge in [-0.05, 0) is 103 Å². The third-order valence-corrected chi connectivity index (χ3v) is 8.85. The van der Waals surface area contributed by atoms with E-state index in [-0.39, 0.29) is 11.9 Å². The Hall–Kier alpha value is -5.07. The van der Waals surface area contributed by atoms with Gasteiger partial charge in [-0.2, -0.15) is 10.5 Å². The van der Waals surface area contributed by atoms with Crippen LogP contribution in [0.4, 0.5) is 5.69 Å². The Labute approximate surface area is 327 Å². The van der Waals surface area contributed by atoms with E-state index in [1.54, 1.807) is 6.07 Å². The minimum Gasteiger partial charge on any atom is -0.490 e. The van der Waals surface area contributed by atoms with Crippen LogP contribution in [0.2, 0.25) is 0 Å². The molecule has 0 N–H and O–H groups in total. The third kappa shape index (κ3) is 18.1. The summed E-state index contributed by atoms with van der Waals surface area (Å²) < 4.78 is 11.5. The van der Waals surface area contributed by atoms with Gasteiger partial charge in [-0.15, -0.1) is 0 Å². The number of nitrogens with zero attached hydrogens (tertiary/aromatic N) is 3. The molecule has 1 heterocycles. The van der Waals surface area contributed by atoms with Gasteiger partial charge in [0.2, 0.25) is 0 Å². The number of rotatable bonds is 16. The molecule has 0 saturated carbocycles. The van der Waals surface area contributed by atoms with Gasteiger partial charge in [0.1, 0.15) is 11.3 Å². The van der Waals surface area contributed by atoms with Crippen LogP contribution in [-0.2, 0) is 6.42 Å². The van der Waals surface area contributed by atoms with Crippen molar-refractivity contribution in [2.75, 3.05) is 11.9 Å². The maximum Gasteiger partial charge on any atom is 0.194 e. The molecule has 0 radical (unpaired) electrons. The molecule has 4 rings (SSSR count). The number of ketones is 1. The lowest BCUT2D eigenvalue weighted by Gasteiger charge is -2.17. The van der Waals surface area contributed by atoms with Gasteiger partial charge in [0.05, 0.1) is 29.4 Å². The molecule has 0 aliphatic carbocycles. The standard InChI is InChI=1S/C17H22O3.C14H16N2.C9H9N.C8H18/c1-4-6-14(7-5-2)19-15-8-9-16-13(10-15)11-17(20-16)12(3)18;1-4-12(5-2)11-16(3)14-8-6-13(10-15)7-9-14;1-2-8-3-5-9(7-10)6-4-8;1-4-6-8(3)7-5-2/h8-11,14H,4-7H2,1-3H3;4,6-9,11H,1,5H2,2-3H3;3-6H,2H2,1H3;8H,4-7H2,1-3H3/b;12-11+;;. The smallest absolute Gasteiger partial charge is 0.194 e. The normalized spacial score (nSPS) is 10.5. The number of benzene rings is 3. The molecule has 4 aromatic rings. The lowest BCUT2D eigenvalue weighted by molar-refractivity contribution is 0.0989. The van der Waals surface area contributed by atoms with E-state index in [0.717, 1.165) is 72.4 Å². The summed E-state index contributed by atoms with van der Waals surface area (Å²) in [5.74, 6) is 2.15. The van der Waals surface area contributed by atoms with E-state index in [1.165, 1.54) is 43.7 Å². The molecular weight excluding hydrogens is 667 g/mol. The molecule has 290 valence electrons. The van der Waals surface area contributed by atoms with Gasteiger partial charge in [-0.25, -0.2) is 0 Å². The van der Waals surface area contributed by atoms with E-state index < -0.39 is 0 Å². The molecule has 0 fully saturated rings. The number of hydrogen-bond acceptors (Lipinski definition) is 6. The van der Waals surface area contributed by atoms with Crippen molar-refractivity contribution in [3.05, 3.63) is 120 Å². The van der Waals surface area contributed by atoms with Gasteiger partial charge in [0.15, 0.2) is 11.5 Å². The molecule has 6 nitrogen and oxygen atoms in total. The number of nitriles is 2. The highest BCUT2D eigenvalue weighted by molar-refractivity contribution is 5.96. The average Bonchev–Trinajstić information content (AvgIpc) is 3.62. The predicted octanol–water partition coefficient (Wildman–Crippen LogP) is 13.8. The van der Waals surface area contributed by atoms with Crippen molar-refractivity contribution >= 4 is 22.4 Å². The molecule has 0 spiro atoms. The maximum atomic E-state index is 11.3. The van der Waals surface area contributed by atoms with Crippen LogP contribution in [0.25, 0.3) is 11.0 Å². The summed E-state index contributed by atoms with van der Waals surface area (Å²) in [7, 11) is 1.99. The van der Waals surface area contributed by atoms with Crippen LogP contribution in [0.3, 0.4) is 0 Å². The Morgan fingerprint density at radius 1 is 0.815 bits per heavy atom. The number of carbonyl (C=O) groups is 1. The van der Waals surface area contributed by atoms with Crippen LogP contribution >= 0.6 is 0 Å². The first-order chi connectivity index (χ1) is 26.0. The zero-order valence-electron chi connectivity index (χ0n) is 34.6. The SMILES string of the molecule is C=C/C(=C\N(C)c1ccc(C#N)cc1)CC.CCCC(C)CCC.CCCC(CCC)Oc1ccc2oc(C(C)=O)cc2c1.CCc1ccc(C#N)cc1. The summed E-state index contributed by atoms with van der Waals surface area (Å²) in [6.07, 6.45) is 16.1. The number of Topliss-reactive ketones (excluding diaryl/α,β-unsaturated/α-hetero) is 1. The van der Waals surface area contributed by atoms with Crippen LogP contribution < -0.4 is 9.64 Å². The molecule has 1 aromatic heterocycles. The van der Waals surface area contributed by atoms with E-state index in [2.05, 4.69) is 67.2 Å². The molecule has 54 heavy (non-hydrogen) atoms. The Morgan fingerprint density at radius 2 is 1.35 bits per heavy atom. The van der Waals surface area contributed by atoms with Gasteiger partial charge in [-0.3, -0.25) is 4.79 Å². The Balaban J connectivity index is 0.000000383. The quantitative estimate of drug-likeness (QED) is 0.0841. The van der Waals surface area contributed by atoms with Crippen LogP contribution in [0.5, 0.6) is 5.75 Å². The van der Waals surface area contributed by atoms with E-state index in [1.807, 2.05) is 91.0 Å². The minimum atomic E-state index is -0.0569. The average molecular weight is 732 g/mol. The molecule has 3 aromatic carbocycles. The molecule has 0 bridgehead atoms. The van der Waals surface area contributed by atoms with Crippen molar-refractivity contribution in [3.63, 3.8) is 0 Å². The second kappa shape index (κ2) is 27.5. The first kappa shape index (κ1) is 47.0. The Bertz CT molecular complexity index is 1740. The lowest BCUT2D eigenvalue weighted by atomic mass is 10.0. The molecule has 0 aliphatic heterocycles. The van der Waals surface area contributed by atoms with E-state index in [9.17, 15) is 4.79 Å². The van der Waals surface area contributed by atoms with Crippen LogP contribution in [0.15, 0.2) is 102 Å². The molecule has 0 aliphatic rings. The van der Waals surface area contributed by atoms with Crippen molar-refractivity contribution in [1.82, 2.24) is 0 Å². The van der Waals surface area contributed by atoms with Gasteiger partial charge >= 0.3 is 0 Å². The number of ether oxygens (including phenoxy) is 1. The van der Waals surface area contributed by atoms with E-state index in [0.29, 0.717) is 11.3 Å². The monoisotopic (exact) mass is 732 g/mol. The summed E-state index contributed by atoms with van der Waals surface area (Å²) in [5, 5.41) is 18.1. The number of aryl methyl sites for hydroxylation is 1. The topological polar surface area (TPSA) is 90.3 Å². The summed E-state index contributed by atoms with van der Waals surface area (Å²) in [4.78, 5) is 13.4. The fourth-order valence-corrected chi connectivity index (χ4v) is 5.69. The first-order valence-electron chi connectivity index (χ1n) is 19.8. The Kier molecular flexibility index (Phi) is 23.9. The number of hydrogen-bond donors (Lipinski definition) is 0. The van der Waals surface area contributed by atoms with Gasteiger partial charge in [-0.1, -0.05) is 112 Å². The fourth-order valence-electron chi connectivity index (χ4n) is 5.69. The minimum absolute atomic E-state index is 0.0569. The summed E-state index contributed by atoms with van der Waals surface area (Å²) in [6, 6.07) is 26.9. The molecular formula is C48H65N3O3. The largest absolute Gasteiger partial charge is 0.490 e. The van der Waals surface area contributed by atoms with Crippen LogP contribution in [0, 0.1) is 28.6 Å². The van der Waals surface area contributed by atoms with Crippen LogP contribution in [-0.4, -0.2) is 18.9 Å². The van der Waals surface area contributed by atoms with Crippen molar-refractivity contribution in [3.8, 4) is 17.9 Å². The van der Waals surface area contributed by atoms with Crippen LogP contribution in [0.1, 0.15) is 140 Å². The number of anilines is 1. The highest BCUT2D eigenvalue weighted by atomic mass is 16.5. The molecule has 6 heteroatoms. The summed E-state index contributed by atoms with van der Waals surface area (Å²) in [5.41, 5.74) is 5.67. The first-order valence-corrected chi connectivity index (χ1v) is 19.8. The number of carbonyl (C=O) groups excluding carboxylic acids is 1. The zero-order chi connectivity index (χ0) is 40.3. The molecule has 0 unspecified atom stereocenters. The summed E-state index contributed by atoms with van der Waals surface area (Å²) >= 11 is 0. The van der Waals surface area contributed by atoms with Crippen molar-refractivity contribution < 1.29 is 13.9 Å². The highest BCUT2D eigenvalue weighted by Gasteiger charge is 2.12. The predicted molar refractivity (Wildman–Crippen MR) is 228 cm³/mol. The number of fused-ring (bicyclic) bond motifs is 1. The molecule has 0 saturated heterocycles. The highest BCUT2D eigenvalue weighted by Crippen LogP contribution is 2.26. The van der Waals surface area contributed by atoms with Gasteiger partial charge in [0.25, 0.3) is 0 Å². The molecule has 0 amide bonds. The van der Waals surface area contributed by atoms with Crippen molar-refractivity contribution in [2.24, 2.45) is 5.92 Å². The number of furan rings is 1. The lowest BCUT2D eigenvalue weighted by Crippen LogP contribution is -2.15. The number of allylic oxidation sites excluding steroid dienone is 2.